The Kier molecular flexibility index (Phi) is 3.94. The van der Waals surface area contributed by atoms with Crippen molar-refractivity contribution in [1.82, 2.24) is 5.32 Å². The van der Waals surface area contributed by atoms with Gasteiger partial charge in [-0.05, 0) is 18.2 Å². The summed E-state index contributed by atoms with van der Waals surface area (Å²) < 4.78 is 26.9. The first-order valence-corrected chi connectivity index (χ1v) is 6.18. The molecule has 0 unspecified atom stereocenters. The van der Waals surface area contributed by atoms with E-state index in [0.717, 1.165) is 17.5 Å². The number of hydrogen-bond acceptors (Lipinski definition) is 3. The molecule has 1 N–H and O–H groups in total. The molecule has 1 aromatic rings. The second-order valence-corrected chi connectivity index (χ2v) is 4.53. The Bertz CT molecular complexity index is 599. The first-order chi connectivity index (χ1) is 9.45. The highest BCUT2D eigenvalue weighted by atomic mass is 19.1. The van der Waals surface area contributed by atoms with Crippen molar-refractivity contribution in [1.29, 1.82) is 0 Å². The Hall–Kier alpha value is -2.08. The van der Waals surface area contributed by atoms with Crippen LogP contribution in [0, 0.1) is 11.6 Å². The van der Waals surface area contributed by atoms with E-state index in [4.69, 9.17) is 0 Å². The fourth-order valence-electron chi connectivity index (χ4n) is 2.07. The summed E-state index contributed by atoms with van der Waals surface area (Å²) in [5.74, 6) is -3.65. The molecule has 6 heteroatoms. The Balaban J connectivity index is 2.31. The molecule has 2 rings (SSSR count). The standard InChI is InChI=1S/C14H14F2N2O2/c1-3-17-6-8(2)7-18-11-5-9(15)4-10(16)12(11)13(19)14(18)20/h4-5,17H,2-3,6-7H2,1H3. The van der Waals surface area contributed by atoms with E-state index in [0.29, 0.717) is 18.2 Å². The predicted octanol–water partition coefficient (Wildman–Crippen LogP) is 1.66. The third-order valence-corrected chi connectivity index (χ3v) is 3.00. The van der Waals surface area contributed by atoms with Crippen LogP contribution in [0.25, 0.3) is 0 Å². The Labute approximate surface area is 115 Å². The number of hydrogen-bond donors (Lipinski definition) is 1. The van der Waals surface area contributed by atoms with Crippen molar-refractivity contribution in [2.24, 2.45) is 0 Å². The van der Waals surface area contributed by atoms with Crippen molar-refractivity contribution in [3.05, 3.63) is 41.5 Å². The van der Waals surface area contributed by atoms with Gasteiger partial charge in [0.05, 0.1) is 11.3 Å². The molecule has 0 aromatic heterocycles. The van der Waals surface area contributed by atoms with Crippen molar-refractivity contribution in [2.75, 3.05) is 24.5 Å². The molecule has 1 aliphatic heterocycles. The minimum atomic E-state index is -1.02. The third kappa shape index (κ3) is 2.46. The van der Waals surface area contributed by atoms with Gasteiger partial charge in [-0.15, -0.1) is 0 Å². The smallest absolute Gasteiger partial charge is 0.299 e. The number of nitrogens with one attached hydrogen (secondary N) is 1. The zero-order valence-electron chi connectivity index (χ0n) is 11.0. The van der Waals surface area contributed by atoms with Gasteiger partial charge in [0.25, 0.3) is 11.7 Å². The third-order valence-electron chi connectivity index (χ3n) is 3.00. The number of anilines is 1. The van der Waals surface area contributed by atoms with Gasteiger partial charge in [-0.1, -0.05) is 13.5 Å². The van der Waals surface area contributed by atoms with Gasteiger partial charge in [0.1, 0.15) is 11.6 Å². The van der Waals surface area contributed by atoms with Crippen LogP contribution in [-0.4, -0.2) is 31.3 Å². The van der Waals surface area contributed by atoms with Crippen LogP contribution in [0.3, 0.4) is 0 Å². The van der Waals surface area contributed by atoms with Gasteiger partial charge in [0.2, 0.25) is 0 Å². The lowest BCUT2D eigenvalue weighted by Gasteiger charge is -2.18. The van der Waals surface area contributed by atoms with E-state index >= 15 is 0 Å². The van der Waals surface area contributed by atoms with Gasteiger partial charge >= 0.3 is 0 Å². The number of benzene rings is 1. The van der Waals surface area contributed by atoms with Crippen LogP contribution in [0.4, 0.5) is 14.5 Å². The quantitative estimate of drug-likeness (QED) is 0.659. The molecule has 0 atom stereocenters. The maximum absolute atomic E-state index is 13.6. The number of amides is 1. The molecule has 0 saturated carbocycles. The van der Waals surface area contributed by atoms with Gasteiger partial charge in [-0.25, -0.2) is 8.78 Å². The van der Waals surface area contributed by atoms with Gasteiger partial charge in [-0.3, -0.25) is 9.59 Å². The highest BCUT2D eigenvalue weighted by Crippen LogP contribution is 2.32. The van der Waals surface area contributed by atoms with E-state index in [-0.39, 0.29) is 17.8 Å². The Morgan fingerprint density at radius 1 is 1.35 bits per heavy atom. The molecule has 1 aromatic carbocycles. The van der Waals surface area contributed by atoms with Gasteiger partial charge in [0, 0.05) is 19.2 Å². The summed E-state index contributed by atoms with van der Waals surface area (Å²) in [7, 11) is 0. The molecule has 1 heterocycles. The van der Waals surface area contributed by atoms with Crippen LogP contribution in [0.15, 0.2) is 24.3 Å². The van der Waals surface area contributed by atoms with Crippen LogP contribution in [-0.2, 0) is 4.79 Å². The number of carbonyl (C=O) groups is 2. The van der Waals surface area contributed by atoms with Crippen molar-refractivity contribution in [3.8, 4) is 0 Å². The largest absolute Gasteiger partial charge is 0.313 e. The van der Waals surface area contributed by atoms with Gasteiger partial charge < -0.3 is 10.2 Å². The normalized spacial score (nSPS) is 13.8. The monoisotopic (exact) mass is 280 g/mol. The highest BCUT2D eigenvalue weighted by Gasteiger charge is 2.38. The number of halogens is 2. The maximum atomic E-state index is 13.6. The minimum Gasteiger partial charge on any atom is -0.313 e. The molecule has 4 nitrogen and oxygen atoms in total. The number of nitrogens with zero attached hydrogens (tertiary/aromatic N) is 1. The van der Waals surface area contributed by atoms with E-state index in [2.05, 4.69) is 11.9 Å². The SMILES string of the molecule is C=C(CNCC)CN1C(=O)C(=O)c2c(F)cc(F)cc21. The highest BCUT2D eigenvalue weighted by molar-refractivity contribution is 6.52. The zero-order valence-corrected chi connectivity index (χ0v) is 11.0. The number of fused-ring (bicyclic) bond motifs is 1. The fourth-order valence-corrected chi connectivity index (χ4v) is 2.07. The Morgan fingerprint density at radius 3 is 2.70 bits per heavy atom. The summed E-state index contributed by atoms with van der Waals surface area (Å²) >= 11 is 0. The van der Waals surface area contributed by atoms with Gasteiger partial charge in [-0.2, -0.15) is 0 Å². The summed E-state index contributed by atoms with van der Waals surface area (Å²) in [4.78, 5) is 24.7. The molecular weight excluding hydrogens is 266 g/mol. The van der Waals surface area contributed by atoms with Crippen LogP contribution in [0.2, 0.25) is 0 Å². The topological polar surface area (TPSA) is 49.4 Å². The van der Waals surface area contributed by atoms with Crippen molar-refractivity contribution < 1.29 is 18.4 Å². The summed E-state index contributed by atoms with van der Waals surface area (Å²) in [6.07, 6.45) is 0. The molecule has 1 amide bonds. The number of ketones is 1. The van der Waals surface area contributed by atoms with Crippen LogP contribution >= 0.6 is 0 Å². The van der Waals surface area contributed by atoms with Crippen LogP contribution < -0.4 is 10.2 Å². The first kappa shape index (κ1) is 14.3. The van der Waals surface area contributed by atoms with Crippen molar-refractivity contribution in [2.45, 2.75) is 6.92 Å². The summed E-state index contributed by atoms with van der Waals surface area (Å²) in [5.41, 5.74) is 0.244. The van der Waals surface area contributed by atoms with E-state index < -0.39 is 23.3 Å². The minimum absolute atomic E-state index is 0.0323. The molecule has 20 heavy (non-hydrogen) atoms. The molecule has 0 bridgehead atoms. The molecular formula is C14H14F2N2O2. The summed E-state index contributed by atoms with van der Waals surface area (Å²) in [5, 5.41) is 3.02. The lowest BCUT2D eigenvalue weighted by molar-refractivity contribution is -0.114. The second kappa shape index (κ2) is 5.50. The van der Waals surface area contributed by atoms with Crippen LogP contribution in [0.5, 0.6) is 0 Å². The Morgan fingerprint density at radius 2 is 2.05 bits per heavy atom. The van der Waals surface area contributed by atoms with Crippen molar-refractivity contribution >= 4 is 17.4 Å². The maximum Gasteiger partial charge on any atom is 0.299 e. The van der Waals surface area contributed by atoms with Gasteiger partial charge in [0.15, 0.2) is 0 Å². The first-order valence-electron chi connectivity index (χ1n) is 6.18. The second-order valence-electron chi connectivity index (χ2n) is 4.53. The number of rotatable bonds is 5. The average Bonchev–Trinajstić information content (AvgIpc) is 2.61. The molecule has 0 aliphatic carbocycles. The molecule has 0 radical (unpaired) electrons. The lowest BCUT2D eigenvalue weighted by atomic mass is 10.1. The van der Waals surface area contributed by atoms with Crippen molar-refractivity contribution in [3.63, 3.8) is 0 Å². The zero-order chi connectivity index (χ0) is 14.9. The lowest BCUT2D eigenvalue weighted by Crippen LogP contribution is -2.33. The van der Waals surface area contributed by atoms with E-state index in [1.807, 2.05) is 6.92 Å². The predicted molar refractivity (Wildman–Crippen MR) is 70.7 cm³/mol. The summed E-state index contributed by atoms with van der Waals surface area (Å²) in [6.45, 7) is 6.93. The average molecular weight is 280 g/mol. The molecule has 106 valence electrons. The summed E-state index contributed by atoms with van der Waals surface area (Å²) in [6, 6.07) is 1.59. The number of likely N-dealkylation sites (N-methyl/N-ethyl adjacent to an activating group) is 1. The van der Waals surface area contributed by atoms with E-state index in [1.54, 1.807) is 0 Å². The number of Topliss-reactive ketones (excluding diaryl/α,β-unsaturated/α-hetero) is 1. The van der Waals surface area contributed by atoms with E-state index in [9.17, 15) is 18.4 Å². The number of carbonyl (C=O) groups excluding carboxylic acids is 2. The molecule has 0 saturated heterocycles. The molecule has 0 fully saturated rings. The molecule has 1 aliphatic rings. The van der Waals surface area contributed by atoms with E-state index in [1.165, 1.54) is 0 Å². The molecule has 0 spiro atoms. The van der Waals surface area contributed by atoms with Crippen LogP contribution in [0.1, 0.15) is 17.3 Å². The fraction of sp³-hybridized carbons (Fsp3) is 0.286.